The summed E-state index contributed by atoms with van der Waals surface area (Å²) in [6.07, 6.45) is 0. The van der Waals surface area contributed by atoms with Crippen LogP contribution in [0.5, 0.6) is 17.2 Å². The number of carbonyl (C=O) groups excluding carboxylic acids is 1. The number of ether oxygens (including phenoxy) is 3. The van der Waals surface area contributed by atoms with Crippen molar-refractivity contribution >= 4 is 38.2 Å². The summed E-state index contributed by atoms with van der Waals surface area (Å²) in [4.78, 5) is 10.1. The van der Waals surface area contributed by atoms with E-state index in [2.05, 4.69) is 0 Å². The predicted molar refractivity (Wildman–Crippen MR) is 111 cm³/mol. The van der Waals surface area contributed by atoms with Crippen molar-refractivity contribution in [3.63, 3.8) is 0 Å². The first-order chi connectivity index (χ1) is 15.4. The highest BCUT2D eigenvalue weighted by Gasteiger charge is 2.47. The Bertz CT molecular complexity index is 1280. The van der Waals surface area contributed by atoms with Crippen LogP contribution in [0.15, 0.2) is 53.4 Å². The fourth-order valence-electron chi connectivity index (χ4n) is 2.74. The fraction of sp³-hybridized carbons (Fsp3) is 0.190. The Labute approximate surface area is 190 Å². The van der Waals surface area contributed by atoms with Gasteiger partial charge in [0.15, 0.2) is 18.2 Å². The van der Waals surface area contributed by atoms with Crippen LogP contribution >= 0.6 is 11.6 Å². The molecule has 0 aromatic heterocycles. The predicted octanol–water partition coefficient (Wildman–Crippen LogP) is 5.66. The van der Waals surface area contributed by atoms with Gasteiger partial charge < -0.3 is 14.2 Å². The van der Waals surface area contributed by atoms with Crippen molar-refractivity contribution in [3.8, 4) is 17.2 Å². The van der Waals surface area contributed by atoms with Crippen molar-refractivity contribution < 1.29 is 45.0 Å². The smallest absolute Gasteiger partial charge is 0.482 e. The number of hydrogen-bond donors (Lipinski definition) is 0. The molecule has 0 saturated heterocycles. The second-order valence-electron chi connectivity index (χ2n) is 6.53. The molecule has 0 aliphatic carbocycles. The van der Waals surface area contributed by atoms with E-state index in [4.69, 9.17) is 25.8 Å². The second kappa shape index (κ2) is 9.44. The van der Waals surface area contributed by atoms with E-state index >= 15 is 0 Å². The molecule has 0 spiro atoms. The van der Waals surface area contributed by atoms with Crippen molar-refractivity contribution in [1.82, 2.24) is 0 Å². The number of benzene rings is 3. The Morgan fingerprint density at radius 3 is 2.24 bits per heavy atom. The third-order valence-corrected chi connectivity index (χ3v) is 6.00. The van der Waals surface area contributed by atoms with E-state index in [1.165, 1.54) is 12.1 Å². The number of alkyl halides is 3. The van der Waals surface area contributed by atoms with Gasteiger partial charge in [-0.2, -0.15) is 13.2 Å². The molecule has 0 amide bonds. The van der Waals surface area contributed by atoms with Crippen LogP contribution in [0.2, 0.25) is 5.02 Å². The molecule has 176 valence electrons. The molecule has 0 N–H and O–H groups in total. The van der Waals surface area contributed by atoms with Crippen LogP contribution in [0.3, 0.4) is 0 Å². The van der Waals surface area contributed by atoms with Gasteiger partial charge in [-0.15, -0.1) is 0 Å². The summed E-state index contributed by atoms with van der Waals surface area (Å²) in [5.74, 6) is -2.17. The first kappa shape index (κ1) is 24.6. The van der Waals surface area contributed by atoms with Gasteiger partial charge in [0.05, 0.1) is 16.5 Å². The number of esters is 1. The van der Waals surface area contributed by atoms with Crippen molar-refractivity contribution in [2.24, 2.45) is 0 Å². The lowest BCUT2D eigenvalue weighted by molar-refractivity contribution is -0.145. The van der Waals surface area contributed by atoms with Crippen LogP contribution in [0.25, 0.3) is 10.8 Å². The summed E-state index contributed by atoms with van der Waals surface area (Å²) in [7, 11) is -5.79. The Balaban J connectivity index is 1.87. The summed E-state index contributed by atoms with van der Waals surface area (Å²) >= 11 is 5.82. The van der Waals surface area contributed by atoms with Gasteiger partial charge in [0.2, 0.25) is 0 Å². The molecular formula is C21H15ClF4O6S. The zero-order chi connectivity index (χ0) is 24.4. The van der Waals surface area contributed by atoms with Gasteiger partial charge in [-0.1, -0.05) is 23.7 Å². The number of hydrogen-bond acceptors (Lipinski definition) is 6. The maximum atomic E-state index is 14.4. The van der Waals surface area contributed by atoms with Crippen LogP contribution in [0.1, 0.15) is 6.92 Å². The average Bonchev–Trinajstić information content (AvgIpc) is 2.73. The molecule has 0 bridgehead atoms. The molecule has 0 aliphatic heterocycles. The third-order valence-electron chi connectivity index (χ3n) is 4.25. The number of rotatable bonds is 7. The van der Waals surface area contributed by atoms with Crippen molar-refractivity contribution in [2.45, 2.75) is 17.3 Å². The lowest BCUT2D eigenvalue weighted by Crippen LogP contribution is -2.23. The van der Waals surface area contributed by atoms with E-state index in [0.29, 0.717) is 17.2 Å². The van der Waals surface area contributed by atoms with Crippen LogP contribution in [0.4, 0.5) is 17.6 Å². The number of carbonyl (C=O) groups is 1. The fourth-order valence-corrected chi connectivity index (χ4v) is 3.85. The third kappa shape index (κ3) is 5.48. The van der Waals surface area contributed by atoms with E-state index < -0.39 is 42.8 Å². The summed E-state index contributed by atoms with van der Waals surface area (Å²) in [6, 6.07) is 10.1. The van der Waals surface area contributed by atoms with Crippen LogP contribution in [0, 0.1) is 5.82 Å². The van der Waals surface area contributed by atoms with Gasteiger partial charge in [-0.05, 0) is 54.1 Å². The highest BCUT2D eigenvalue weighted by molar-refractivity contribution is 7.92. The minimum absolute atomic E-state index is 0.0669. The van der Waals surface area contributed by atoms with E-state index in [-0.39, 0.29) is 25.0 Å². The molecule has 0 fully saturated rings. The summed E-state index contributed by atoms with van der Waals surface area (Å²) in [5.41, 5.74) is -5.61. The van der Waals surface area contributed by atoms with E-state index in [0.717, 1.165) is 5.39 Å². The Morgan fingerprint density at radius 1 is 1.00 bits per heavy atom. The second-order valence-corrected chi connectivity index (χ2v) is 8.88. The lowest BCUT2D eigenvalue weighted by Gasteiger charge is -2.13. The topological polar surface area (TPSA) is 78.9 Å². The van der Waals surface area contributed by atoms with Crippen molar-refractivity contribution in [2.75, 3.05) is 13.2 Å². The molecule has 3 aromatic carbocycles. The molecule has 0 radical (unpaired) electrons. The molecule has 0 aliphatic rings. The van der Waals surface area contributed by atoms with Crippen LogP contribution in [-0.2, 0) is 19.4 Å². The monoisotopic (exact) mass is 506 g/mol. The zero-order valence-corrected chi connectivity index (χ0v) is 18.4. The molecule has 0 saturated carbocycles. The Kier molecular flexibility index (Phi) is 7.03. The van der Waals surface area contributed by atoms with Crippen molar-refractivity contribution in [3.05, 3.63) is 59.4 Å². The first-order valence-electron chi connectivity index (χ1n) is 9.23. The zero-order valence-electron chi connectivity index (χ0n) is 16.8. The molecule has 3 aromatic rings. The standard InChI is InChI=1S/C21H15ClF4O6S/c1-2-30-19(27)11-31-14-5-3-12-4-6-15(8-13(12)7-14)32-20-17(22)9-16(10-18(20)23)33(28,29)21(24,25)26/h3-10H,2,11H2,1H3. The van der Waals surface area contributed by atoms with Gasteiger partial charge in [-0.25, -0.2) is 17.6 Å². The van der Waals surface area contributed by atoms with Crippen LogP contribution in [-0.4, -0.2) is 33.1 Å². The molecular weight excluding hydrogens is 492 g/mol. The highest BCUT2D eigenvalue weighted by Crippen LogP contribution is 2.38. The van der Waals surface area contributed by atoms with E-state index in [1.54, 1.807) is 31.2 Å². The van der Waals surface area contributed by atoms with Gasteiger partial charge in [0.1, 0.15) is 11.5 Å². The lowest BCUT2D eigenvalue weighted by atomic mass is 10.1. The average molecular weight is 507 g/mol. The van der Waals surface area contributed by atoms with Gasteiger partial charge >= 0.3 is 11.5 Å². The quantitative estimate of drug-likeness (QED) is 0.304. The minimum Gasteiger partial charge on any atom is -0.482 e. The van der Waals surface area contributed by atoms with Crippen LogP contribution < -0.4 is 9.47 Å². The summed E-state index contributed by atoms with van der Waals surface area (Å²) in [6.45, 7) is 1.57. The van der Waals surface area contributed by atoms with Gasteiger partial charge in [-0.3, -0.25) is 0 Å². The number of fused-ring (bicyclic) bond motifs is 1. The molecule has 33 heavy (non-hydrogen) atoms. The normalized spacial score (nSPS) is 11.9. The largest absolute Gasteiger partial charge is 0.501 e. The molecule has 0 atom stereocenters. The van der Waals surface area contributed by atoms with Gasteiger partial charge in [0, 0.05) is 0 Å². The maximum absolute atomic E-state index is 14.4. The molecule has 0 unspecified atom stereocenters. The number of sulfone groups is 1. The molecule has 12 heteroatoms. The maximum Gasteiger partial charge on any atom is 0.501 e. The van der Waals surface area contributed by atoms with Gasteiger partial charge in [0.25, 0.3) is 9.84 Å². The molecule has 0 heterocycles. The Morgan fingerprint density at radius 2 is 1.64 bits per heavy atom. The van der Waals surface area contributed by atoms with Crippen molar-refractivity contribution in [1.29, 1.82) is 0 Å². The molecule has 6 nitrogen and oxygen atoms in total. The highest BCUT2D eigenvalue weighted by atomic mass is 35.5. The number of halogens is 5. The molecule has 3 rings (SSSR count). The SMILES string of the molecule is CCOC(=O)COc1ccc2ccc(Oc3c(F)cc(S(=O)(=O)C(F)(F)F)cc3Cl)cc2c1. The van der Waals surface area contributed by atoms with E-state index in [1.807, 2.05) is 0 Å². The summed E-state index contributed by atoms with van der Waals surface area (Å²) in [5, 5.41) is 0.648. The Hall–Kier alpha value is -3.05. The van der Waals surface area contributed by atoms with E-state index in [9.17, 15) is 30.8 Å². The minimum atomic E-state index is -5.79. The first-order valence-corrected chi connectivity index (χ1v) is 11.1. The summed E-state index contributed by atoms with van der Waals surface area (Å²) < 4.78 is 91.1.